The lowest BCUT2D eigenvalue weighted by atomic mass is 9.99. The Bertz CT molecular complexity index is 1180. The number of nitrogens with zero attached hydrogens (tertiary/aromatic N) is 5. The van der Waals surface area contributed by atoms with E-state index < -0.39 is 27.7 Å². The first-order valence-corrected chi connectivity index (χ1v) is 11.1. The molecule has 0 spiro atoms. The smallest absolute Gasteiger partial charge is 0.322 e. The summed E-state index contributed by atoms with van der Waals surface area (Å²) in [6, 6.07) is 6.32. The number of rotatable bonds is 5. The fraction of sp³-hybridized carbons (Fsp3) is 0.368. The van der Waals surface area contributed by atoms with Crippen LogP contribution in [0.4, 0.5) is 10.4 Å². The van der Waals surface area contributed by atoms with Crippen LogP contribution in [0, 0.1) is 18.7 Å². The molecule has 1 atom stereocenters. The van der Waals surface area contributed by atoms with Crippen LogP contribution in [0.5, 0.6) is 0 Å². The first kappa shape index (κ1) is 21.1. The summed E-state index contributed by atoms with van der Waals surface area (Å²) in [5.41, 5.74) is 1.39. The third kappa shape index (κ3) is 4.35. The number of nitrogens with one attached hydrogen (secondary N) is 1. The summed E-state index contributed by atoms with van der Waals surface area (Å²) >= 11 is 0. The third-order valence-electron chi connectivity index (χ3n) is 5.19. The zero-order chi connectivity index (χ0) is 22.2. The Morgan fingerprint density at radius 3 is 2.68 bits per heavy atom. The van der Waals surface area contributed by atoms with Crippen LogP contribution >= 0.6 is 0 Å². The molecule has 1 fully saturated rings. The molecule has 1 aromatic carbocycles. The summed E-state index contributed by atoms with van der Waals surface area (Å²) in [5, 5.41) is 14.5. The van der Waals surface area contributed by atoms with E-state index in [9.17, 15) is 17.6 Å². The minimum atomic E-state index is -3.83. The number of sulfonamides is 1. The Labute approximate surface area is 178 Å². The summed E-state index contributed by atoms with van der Waals surface area (Å²) in [6.07, 6.45) is 1.03. The van der Waals surface area contributed by atoms with Crippen molar-refractivity contribution in [3.05, 3.63) is 41.8 Å². The van der Waals surface area contributed by atoms with Crippen LogP contribution in [0.3, 0.4) is 0 Å². The number of piperidine rings is 1. The zero-order valence-electron chi connectivity index (χ0n) is 16.9. The van der Waals surface area contributed by atoms with Gasteiger partial charge in [0.15, 0.2) is 0 Å². The molecule has 1 amide bonds. The lowest BCUT2D eigenvalue weighted by molar-refractivity contribution is -0.121. The van der Waals surface area contributed by atoms with Gasteiger partial charge in [-0.25, -0.2) is 12.8 Å². The highest BCUT2D eigenvalue weighted by Crippen LogP contribution is 2.25. The lowest BCUT2D eigenvalue weighted by Gasteiger charge is -2.30. The highest BCUT2D eigenvalue weighted by Gasteiger charge is 2.34. The molecule has 0 radical (unpaired) electrons. The average Bonchev–Trinajstić information content (AvgIpc) is 3.35. The van der Waals surface area contributed by atoms with Crippen molar-refractivity contribution < 1.29 is 22.0 Å². The van der Waals surface area contributed by atoms with Gasteiger partial charge in [0.05, 0.1) is 10.8 Å². The van der Waals surface area contributed by atoms with Gasteiger partial charge in [-0.2, -0.15) is 9.40 Å². The van der Waals surface area contributed by atoms with E-state index in [1.54, 1.807) is 17.8 Å². The average molecular weight is 448 g/mol. The van der Waals surface area contributed by atoms with Crippen molar-refractivity contribution in [3.63, 3.8) is 0 Å². The maximum Gasteiger partial charge on any atom is 0.322 e. The number of anilines is 1. The fourth-order valence-electron chi connectivity index (χ4n) is 3.38. The first-order chi connectivity index (χ1) is 14.7. The van der Waals surface area contributed by atoms with Crippen molar-refractivity contribution in [2.45, 2.75) is 24.7 Å². The second-order valence-electron chi connectivity index (χ2n) is 7.35. The van der Waals surface area contributed by atoms with Gasteiger partial charge in [-0.05, 0) is 50.1 Å². The standard InChI is InChI=1S/C19H21FN6O4S/c1-12-10-16(24-25(12)2)18-22-23-19(30-18)21-17(27)13-4-3-9-26(11-13)31(28,29)15-7-5-14(20)6-8-15/h5-8,10,13H,3-4,9,11H2,1-2H3,(H,21,23,27). The van der Waals surface area contributed by atoms with Crippen LogP contribution in [0.2, 0.25) is 0 Å². The van der Waals surface area contributed by atoms with Crippen molar-refractivity contribution in [3.8, 4) is 11.6 Å². The molecule has 1 aliphatic rings. The predicted molar refractivity (Wildman–Crippen MR) is 108 cm³/mol. The maximum absolute atomic E-state index is 13.1. The van der Waals surface area contributed by atoms with E-state index in [2.05, 4.69) is 20.6 Å². The number of aromatic nitrogens is 4. The number of halogens is 1. The largest absolute Gasteiger partial charge is 0.401 e. The number of carbonyl (C=O) groups is 1. The minimum absolute atomic E-state index is 0.00593. The molecular formula is C19H21FN6O4S. The second-order valence-corrected chi connectivity index (χ2v) is 9.29. The van der Waals surface area contributed by atoms with Crippen LogP contribution < -0.4 is 5.32 Å². The van der Waals surface area contributed by atoms with E-state index in [0.29, 0.717) is 18.5 Å². The van der Waals surface area contributed by atoms with Gasteiger partial charge in [-0.1, -0.05) is 5.10 Å². The summed E-state index contributed by atoms with van der Waals surface area (Å²) in [5.74, 6) is -1.35. The molecule has 3 heterocycles. The van der Waals surface area contributed by atoms with E-state index >= 15 is 0 Å². The molecule has 1 N–H and O–H groups in total. The molecule has 4 rings (SSSR count). The van der Waals surface area contributed by atoms with Crippen molar-refractivity contribution in [2.75, 3.05) is 18.4 Å². The van der Waals surface area contributed by atoms with Gasteiger partial charge in [-0.3, -0.25) is 14.8 Å². The fourth-order valence-corrected chi connectivity index (χ4v) is 4.90. The number of benzene rings is 1. The van der Waals surface area contributed by atoms with Crippen LogP contribution in [-0.4, -0.2) is 51.7 Å². The highest BCUT2D eigenvalue weighted by atomic mass is 32.2. The normalized spacial score (nSPS) is 17.6. The number of aryl methyl sites for hydroxylation is 2. The van der Waals surface area contributed by atoms with Gasteiger partial charge >= 0.3 is 6.01 Å². The predicted octanol–water partition coefficient (Wildman–Crippen LogP) is 1.96. The number of carbonyl (C=O) groups excluding carboxylic acids is 1. The van der Waals surface area contributed by atoms with Gasteiger partial charge in [0.1, 0.15) is 11.5 Å². The molecule has 1 unspecified atom stereocenters. The topological polar surface area (TPSA) is 123 Å². The third-order valence-corrected chi connectivity index (χ3v) is 7.07. The minimum Gasteiger partial charge on any atom is -0.401 e. The first-order valence-electron chi connectivity index (χ1n) is 9.65. The molecule has 164 valence electrons. The Kier molecular flexibility index (Phi) is 5.58. The molecule has 1 saturated heterocycles. The molecule has 1 aliphatic heterocycles. The molecule has 31 heavy (non-hydrogen) atoms. The van der Waals surface area contributed by atoms with E-state index in [1.165, 1.54) is 16.4 Å². The molecule has 0 aliphatic carbocycles. The zero-order valence-corrected chi connectivity index (χ0v) is 17.8. The summed E-state index contributed by atoms with van der Waals surface area (Å²) in [6.45, 7) is 2.17. The lowest BCUT2D eigenvalue weighted by Crippen LogP contribution is -2.43. The molecule has 2 aromatic heterocycles. The molecular weight excluding hydrogens is 427 g/mol. The summed E-state index contributed by atoms with van der Waals surface area (Å²) in [7, 11) is -2.04. The van der Waals surface area contributed by atoms with Gasteiger partial charge in [0.25, 0.3) is 5.89 Å². The molecule has 0 saturated carbocycles. The van der Waals surface area contributed by atoms with Crippen molar-refractivity contribution >= 4 is 21.9 Å². The van der Waals surface area contributed by atoms with Crippen molar-refractivity contribution in [1.82, 2.24) is 24.3 Å². The SMILES string of the molecule is Cc1cc(-c2nnc(NC(=O)C3CCCN(S(=O)(=O)c4ccc(F)cc4)C3)o2)nn1C. The van der Waals surface area contributed by atoms with Gasteiger partial charge < -0.3 is 4.42 Å². The Morgan fingerprint density at radius 1 is 1.26 bits per heavy atom. The van der Waals surface area contributed by atoms with Gasteiger partial charge in [-0.15, -0.1) is 5.10 Å². The number of hydrogen-bond acceptors (Lipinski definition) is 7. The van der Waals surface area contributed by atoms with Crippen molar-refractivity contribution in [2.24, 2.45) is 13.0 Å². The quantitative estimate of drug-likeness (QED) is 0.633. The Balaban J connectivity index is 1.44. The van der Waals surface area contributed by atoms with Gasteiger partial charge in [0, 0.05) is 25.8 Å². The Hall–Kier alpha value is -3.12. The summed E-state index contributed by atoms with van der Waals surface area (Å²) in [4.78, 5) is 12.7. The Morgan fingerprint density at radius 2 is 2.00 bits per heavy atom. The van der Waals surface area contributed by atoms with E-state index in [4.69, 9.17) is 4.42 Å². The number of hydrogen-bond donors (Lipinski definition) is 1. The summed E-state index contributed by atoms with van der Waals surface area (Å²) < 4.78 is 47.2. The van der Waals surface area contributed by atoms with Crippen LogP contribution in [-0.2, 0) is 21.9 Å². The molecule has 0 bridgehead atoms. The van der Waals surface area contributed by atoms with E-state index in [1.807, 2.05) is 6.92 Å². The van der Waals surface area contributed by atoms with Crippen molar-refractivity contribution in [1.29, 1.82) is 0 Å². The second kappa shape index (κ2) is 8.19. The molecule has 3 aromatic rings. The van der Waals surface area contributed by atoms with Crippen LogP contribution in [0.25, 0.3) is 11.6 Å². The van der Waals surface area contributed by atoms with E-state index in [0.717, 1.165) is 17.8 Å². The molecule has 12 heteroatoms. The van der Waals surface area contributed by atoms with Gasteiger partial charge in [0.2, 0.25) is 15.9 Å². The van der Waals surface area contributed by atoms with Crippen LogP contribution in [0.15, 0.2) is 39.6 Å². The number of amides is 1. The van der Waals surface area contributed by atoms with Crippen LogP contribution in [0.1, 0.15) is 18.5 Å². The highest BCUT2D eigenvalue weighted by molar-refractivity contribution is 7.89. The monoisotopic (exact) mass is 448 g/mol. The van der Waals surface area contributed by atoms with E-state index in [-0.39, 0.29) is 29.9 Å². The maximum atomic E-state index is 13.1. The molecule has 10 nitrogen and oxygen atoms in total.